The Hall–Kier alpha value is -3.02. The first-order valence-corrected chi connectivity index (χ1v) is 10.3. The van der Waals surface area contributed by atoms with Gasteiger partial charge in [0.1, 0.15) is 17.5 Å². The number of nitrogens with zero attached hydrogens (tertiary/aromatic N) is 1. The number of amides is 2. The van der Waals surface area contributed by atoms with Gasteiger partial charge in [-0.3, -0.25) is 9.59 Å². The molecule has 30 heavy (non-hydrogen) atoms. The quantitative estimate of drug-likeness (QED) is 0.647. The molecule has 0 saturated carbocycles. The van der Waals surface area contributed by atoms with Gasteiger partial charge in [0.25, 0.3) is 5.91 Å². The summed E-state index contributed by atoms with van der Waals surface area (Å²) in [4.78, 5) is 27.2. The van der Waals surface area contributed by atoms with Crippen molar-refractivity contribution in [3.63, 3.8) is 0 Å². The lowest BCUT2D eigenvalue weighted by molar-refractivity contribution is -0.142. The lowest BCUT2D eigenvalue weighted by Crippen LogP contribution is -2.49. The lowest BCUT2D eigenvalue weighted by Gasteiger charge is -2.29. The molecule has 2 aromatic carbocycles. The number of hydrogen-bond acceptors (Lipinski definition) is 4. The van der Waals surface area contributed by atoms with Crippen molar-refractivity contribution in [2.24, 2.45) is 0 Å². The fourth-order valence-corrected chi connectivity index (χ4v) is 3.05. The largest absolute Gasteiger partial charge is 0.497 e. The molecule has 2 aromatic rings. The van der Waals surface area contributed by atoms with E-state index in [0.29, 0.717) is 18.0 Å². The number of rotatable bonds is 10. The minimum atomic E-state index is -0.627. The number of methoxy groups -OCH3 is 1. The van der Waals surface area contributed by atoms with Crippen molar-refractivity contribution in [2.45, 2.75) is 46.7 Å². The van der Waals surface area contributed by atoms with Crippen molar-refractivity contribution in [1.82, 2.24) is 10.2 Å². The van der Waals surface area contributed by atoms with Gasteiger partial charge in [-0.25, -0.2) is 0 Å². The fraction of sp³-hybridized carbons (Fsp3) is 0.417. The first-order valence-electron chi connectivity index (χ1n) is 10.3. The van der Waals surface area contributed by atoms with Gasteiger partial charge in [-0.05, 0) is 62.1 Å². The van der Waals surface area contributed by atoms with Gasteiger partial charge in [0.2, 0.25) is 5.91 Å². The van der Waals surface area contributed by atoms with E-state index in [2.05, 4.69) is 5.32 Å². The molecular weight excluding hydrogens is 380 g/mol. The van der Waals surface area contributed by atoms with Crippen LogP contribution in [-0.4, -0.2) is 43.0 Å². The number of aryl methyl sites for hydroxylation is 1. The third kappa shape index (κ3) is 6.24. The predicted molar refractivity (Wildman–Crippen MR) is 118 cm³/mol. The van der Waals surface area contributed by atoms with Crippen LogP contribution >= 0.6 is 0 Å². The highest BCUT2D eigenvalue weighted by molar-refractivity contribution is 5.88. The molecule has 1 atom stereocenters. The third-order valence-electron chi connectivity index (χ3n) is 5.11. The molecule has 2 amide bonds. The minimum Gasteiger partial charge on any atom is -0.497 e. The highest BCUT2D eigenvalue weighted by atomic mass is 16.5. The Balaban J connectivity index is 2.18. The normalized spacial score (nSPS) is 11.5. The topological polar surface area (TPSA) is 67.9 Å². The average Bonchev–Trinajstić information content (AvgIpc) is 2.76. The molecule has 0 heterocycles. The number of benzene rings is 2. The van der Waals surface area contributed by atoms with Crippen LogP contribution in [0.4, 0.5) is 0 Å². The molecular formula is C24H32N2O4. The number of carbonyl (C=O) groups is 2. The first kappa shape index (κ1) is 23.3. The molecule has 0 unspecified atom stereocenters. The smallest absolute Gasteiger partial charge is 0.261 e. The minimum absolute atomic E-state index is 0.139. The molecule has 0 bridgehead atoms. The molecule has 0 spiro atoms. The summed E-state index contributed by atoms with van der Waals surface area (Å²) in [7, 11) is 1.60. The molecule has 162 valence electrons. The van der Waals surface area contributed by atoms with Crippen LogP contribution in [-0.2, 0) is 16.1 Å². The Kier molecular flexibility index (Phi) is 8.71. The van der Waals surface area contributed by atoms with Crippen molar-refractivity contribution in [3.8, 4) is 11.5 Å². The zero-order chi connectivity index (χ0) is 22.1. The molecule has 0 radical (unpaired) electrons. The fourth-order valence-electron chi connectivity index (χ4n) is 3.05. The standard InChI is InChI=1S/C24H32N2O4/c1-6-13-25-24(28)19(4)26(15-20-10-8-11-21(14-20)29-5)23(27)16-30-22-12-7-9-17(2)18(22)3/h7-12,14,19H,6,13,15-16H2,1-5H3,(H,25,28)/t19-/m0/s1. The highest BCUT2D eigenvalue weighted by Crippen LogP contribution is 2.21. The molecule has 0 fully saturated rings. The monoisotopic (exact) mass is 412 g/mol. The van der Waals surface area contributed by atoms with Crippen LogP contribution in [0.15, 0.2) is 42.5 Å². The molecule has 6 nitrogen and oxygen atoms in total. The van der Waals surface area contributed by atoms with Crippen LogP contribution in [0.1, 0.15) is 37.0 Å². The number of ether oxygens (including phenoxy) is 2. The van der Waals surface area contributed by atoms with Crippen molar-refractivity contribution >= 4 is 11.8 Å². The van der Waals surface area contributed by atoms with Gasteiger partial charge in [-0.1, -0.05) is 31.2 Å². The van der Waals surface area contributed by atoms with Crippen molar-refractivity contribution < 1.29 is 19.1 Å². The van der Waals surface area contributed by atoms with Gasteiger partial charge in [-0.15, -0.1) is 0 Å². The molecule has 0 aliphatic heterocycles. The summed E-state index contributed by atoms with van der Waals surface area (Å²) in [6.07, 6.45) is 0.831. The lowest BCUT2D eigenvalue weighted by atomic mass is 10.1. The van der Waals surface area contributed by atoms with Gasteiger partial charge in [0, 0.05) is 13.1 Å². The molecule has 1 N–H and O–H groups in total. The zero-order valence-corrected chi connectivity index (χ0v) is 18.5. The Morgan fingerprint density at radius 2 is 1.87 bits per heavy atom. The van der Waals surface area contributed by atoms with E-state index in [0.717, 1.165) is 23.1 Å². The maximum atomic E-state index is 13.1. The second-order valence-electron chi connectivity index (χ2n) is 7.33. The third-order valence-corrected chi connectivity index (χ3v) is 5.11. The molecule has 6 heteroatoms. The van der Waals surface area contributed by atoms with Crippen molar-refractivity contribution in [2.75, 3.05) is 20.3 Å². The van der Waals surface area contributed by atoms with E-state index in [1.54, 1.807) is 18.9 Å². The van der Waals surface area contributed by atoms with E-state index >= 15 is 0 Å². The van der Waals surface area contributed by atoms with E-state index in [1.165, 1.54) is 0 Å². The average molecular weight is 413 g/mol. The van der Waals surface area contributed by atoms with E-state index in [-0.39, 0.29) is 25.0 Å². The van der Waals surface area contributed by atoms with Gasteiger partial charge >= 0.3 is 0 Å². The maximum Gasteiger partial charge on any atom is 0.261 e. The number of nitrogens with one attached hydrogen (secondary N) is 1. The summed E-state index contributed by atoms with van der Waals surface area (Å²) in [5.41, 5.74) is 2.98. The van der Waals surface area contributed by atoms with Gasteiger partial charge in [-0.2, -0.15) is 0 Å². The summed E-state index contributed by atoms with van der Waals surface area (Å²) < 4.78 is 11.1. The molecule has 0 aliphatic rings. The molecule has 0 aromatic heterocycles. The Labute approximate surface area is 179 Å². The van der Waals surface area contributed by atoms with Gasteiger partial charge < -0.3 is 19.7 Å². The second kappa shape index (κ2) is 11.2. The van der Waals surface area contributed by atoms with Gasteiger partial charge in [0.05, 0.1) is 7.11 Å². The van der Waals surface area contributed by atoms with Crippen molar-refractivity contribution in [1.29, 1.82) is 0 Å². The summed E-state index contributed by atoms with van der Waals surface area (Å²) in [5, 5.41) is 2.87. The van der Waals surface area contributed by atoms with Crippen LogP contribution in [0.25, 0.3) is 0 Å². The second-order valence-corrected chi connectivity index (χ2v) is 7.33. The summed E-state index contributed by atoms with van der Waals surface area (Å²) >= 11 is 0. The van der Waals surface area contributed by atoms with Crippen LogP contribution in [0, 0.1) is 13.8 Å². The Morgan fingerprint density at radius 3 is 2.57 bits per heavy atom. The van der Waals surface area contributed by atoms with Crippen LogP contribution in [0.3, 0.4) is 0 Å². The zero-order valence-electron chi connectivity index (χ0n) is 18.5. The molecule has 0 aliphatic carbocycles. The Bertz CT molecular complexity index is 866. The van der Waals surface area contributed by atoms with Crippen LogP contribution in [0.2, 0.25) is 0 Å². The predicted octanol–water partition coefficient (Wildman–Crippen LogP) is 3.63. The molecule has 2 rings (SSSR count). The SMILES string of the molecule is CCCNC(=O)[C@H](C)N(Cc1cccc(OC)c1)C(=O)COc1cccc(C)c1C. The highest BCUT2D eigenvalue weighted by Gasteiger charge is 2.26. The summed E-state index contributed by atoms with van der Waals surface area (Å²) in [5.74, 6) is 0.945. The van der Waals surface area contributed by atoms with Crippen LogP contribution in [0.5, 0.6) is 11.5 Å². The van der Waals surface area contributed by atoms with Crippen molar-refractivity contribution in [3.05, 3.63) is 59.2 Å². The van der Waals surface area contributed by atoms with E-state index < -0.39 is 6.04 Å². The maximum absolute atomic E-state index is 13.1. The number of hydrogen-bond donors (Lipinski definition) is 1. The first-order chi connectivity index (χ1) is 14.4. The summed E-state index contributed by atoms with van der Waals surface area (Å²) in [6, 6.07) is 12.6. The van der Waals surface area contributed by atoms with Gasteiger partial charge in [0.15, 0.2) is 6.61 Å². The summed E-state index contributed by atoms with van der Waals surface area (Å²) in [6.45, 7) is 8.41. The number of carbonyl (C=O) groups excluding carboxylic acids is 2. The molecule has 0 saturated heterocycles. The van der Waals surface area contributed by atoms with E-state index in [1.807, 2.05) is 63.2 Å². The van der Waals surface area contributed by atoms with Crippen LogP contribution < -0.4 is 14.8 Å². The Morgan fingerprint density at radius 1 is 1.13 bits per heavy atom. The van der Waals surface area contributed by atoms with E-state index in [4.69, 9.17) is 9.47 Å². The van der Waals surface area contributed by atoms with E-state index in [9.17, 15) is 9.59 Å².